The van der Waals surface area contributed by atoms with Crippen LogP contribution >= 0.6 is 0 Å². The van der Waals surface area contributed by atoms with Crippen molar-refractivity contribution in [2.24, 2.45) is 11.8 Å². The first-order valence-electron chi connectivity index (χ1n) is 7.60. The lowest BCUT2D eigenvalue weighted by molar-refractivity contribution is 0.0723. The maximum Gasteiger partial charge on any atom is 0.289 e. The van der Waals surface area contributed by atoms with Gasteiger partial charge in [0.25, 0.3) is 5.91 Å². The number of rotatable bonds is 1. The summed E-state index contributed by atoms with van der Waals surface area (Å²) in [7, 11) is 0. The highest BCUT2D eigenvalue weighted by Gasteiger charge is 2.44. The highest BCUT2D eigenvalue weighted by atomic mass is 16.3. The zero-order chi connectivity index (χ0) is 14.6. The standard InChI is InChI=1S/C17H19NO3/c1-10-12-4-2-3-5-15(12)21-16(10)17(20)18-8-11-6-7-14(19)13(11)9-18/h2-5,11,13-14,19H,6-9H2,1H3. The number of aliphatic hydroxyl groups is 1. The van der Waals surface area contributed by atoms with Gasteiger partial charge in [-0.25, -0.2) is 0 Å². The van der Waals surface area contributed by atoms with Crippen molar-refractivity contribution in [1.29, 1.82) is 0 Å². The van der Waals surface area contributed by atoms with Crippen LogP contribution in [-0.2, 0) is 0 Å². The largest absolute Gasteiger partial charge is 0.451 e. The van der Waals surface area contributed by atoms with E-state index in [1.54, 1.807) is 0 Å². The third-order valence-corrected chi connectivity index (χ3v) is 5.14. The molecule has 3 unspecified atom stereocenters. The predicted octanol–water partition coefficient (Wildman–Crippen LogP) is 2.58. The Labute approximate surface area is 123 Å². The van der Waals surface area contributed by atoms with Gasteiger partial charge in [0.1, 0.15) is 5.58 Å². The topological polar surface area (TPSA) is 53.7 Å². The summed E-state index contributed by atoms with van der Waals surface area (Å²) >= 11 is 0. The molecule has 1 saturated carbocycles. The second-order valence-electron chi connectivity index (χ2n) is 6.33. The molecular weight excluding hydrogens is 266 g/mol. The van der Waals surface area contributed by atoms with Crippen LogP contribution in [0.2, 0.25) is 0 Å². The number of aliphatic hydroxyl groups excluding tert-OH is 1. The minimum absolute atomic E-state index is 0.0368. The van der Waals surface area contributed by atoms with Crippen LogP contribution in [0.15, 0.2) is 28.7 Å². The Kier molecular flexibility index (Phi) is 2.82. The van der Waals surface area contributed by atoms with Crippen molar-refractivity contribution in [2.75, 3.05) is 13.1 Å². The SMILES string of the molecule is Cc1c(C(=O)N2CC3CCC(O)C3C2)oc2ccccc12. The van der Waals surface area contributed by atoms with Gasteiger partial charge in [-0.15, -0.1) is 0 Å². The molecule has 0 radical (unpaired) electrons. The molecule has 2 aliphatic rings. The van der Waals surface area contributed by atoms with Crippen molar-refractivity contribution in [3.05, 3.63) is 35.6 Å². The minimum atomic E-state index is -0.246. The molecule has 21 heavy (non-hydrogen) atoms. The number of carbonyl (C=O) groups excluding carboxylic acids is 1. The number of fused-ring (bicyclic) bond motifs is 2. The first-order chi connectivity index (χ1) is 10.1. The molecule has 4 rings (SSSR count). The number of likely N-dealkylation sites (tertiary alicyclic amines) is 1. The summed E-state index contributed by atoms with van der Waals surface area (Å²) in [4.78, 5) is 14.6. The average Bonchev–Trinajstić information content (AvgIpc) is 3.15. The maximum absolute atomic E-state index is 12.7. The van der Waals surface area contributed by atoms with Crippen molar-refractivity contribution in [1.82, 2.24) is 4.90 Å². The van der Waals surface area contributed by atoms with E-state index >= 15 is 0 Å². The van der Waals surface area contributed by atoms with Gasteiger partial charge in [-0.1, -0.05) is 18.2 Å². The van der Waals surface area contributed by atoms with Crippen LogP contribution in [0.5, 0.6) is 0 Å². The van der Waals surface area contributed by atoms with Crippen molar-refractivity contribution in [2.45, 2.75) is 25.9 Å². The normalized spacial score (nSPS) is 28.3. The zero-order valence-electron chi connectivity index (χ0n) is 12.1. The molecule has 1 saturated heterocycles. The van der Waals surface area contributed by atoms with Gasteiger partial charge in [-0.05, 0) is 31.7 Å². The van der Waals surface area contributed by atoms with Crippen LogP contribution in [0.1, 0.15) is 29.0 Å². The van der Waals surface area contributed by atoms with Gasteiger partial charge in [0.2, 0.25) is 0 Å². The van der Waals surface area contributed by atoms with Gasteiger partial charge in [-0.3, -0.25) is 4.79 Å². The van der Waals surface area contributed by atoms with E-state index in [1.165, 1.54) is 0 Å². The number of furan rings is 1. The van der Waals surface area contributed by atoms with Gasteiger partial charge >= 0.3 is 0 Å². The third-order valence-electron chi connectivity index (χ3n) is 5.14. The smallest absolute Gasteiger partial charge is 0.289 e. The maximum atomic E-state index is 12.7. The van der Waals surface area contributed by atoms with E-state index in [-0.39, 0.29) is 17.9 Å². The highest BCUT2D eigenvalue weighted by Crippen LogP contribution is 2.39. The van der Waals surface area contributed by atoms with Crippen molar-refractivity contribution in [3.8, 4) is 0 Å². The fraction of sp³-hybridized carbons (Fsp3) is 0.471. The van der Waals surface area contributed by atoms with E-state index in [1.807, 2.05) is 36.1 Å². The lowest BCUT2D eigenvalue weighted by atomic mass is 10.00. The number of carbonyl (C=O) groups is 1. The van der Waals surface area contributed by atoms with E-state index in [2.05, 4.69) is 0 Å². The van der Waals surface area contributed by atoms with Crippen LogP contribution in [0, 0.1) is 18.8 Å². The molecule has 0 spiro atoms. The Morgan fingerprint density at radius 2 is 2.10 bits per heavy atom. The Hall–Kier alpha value is -1.81. The molecule has 1 aromatic carbocycles. The van der Waals surface area contributed by atoms with Gasteiger partial charge in [0.15, 0.2) is 5.76 Å². The van der Waals surface area contributed by atoms with E-state index in [0.717, 1.165) is 35.9 Å². The zero-order valence-corrected chi connectivity index (χ0v) is 12.1. The van der Waals surface area contributed by atoms with Gasteiger partial charge in [-0.2, -0.15) is 0 Å². The summed E-state index contributed by atoms with van der Waals surface area (Å²) in [5.41, 5.74) is 1.67. The molecule has 2 heterocycles. The Balaban J connectivity index is 1.64. The molecule has 2 fully saturated rings. The lowest BCUT2D eigenvalue weighted by Gasteiger charge is -2.17. The number of para-hydroxylation sites is 1. The van der Waals surface area contributed by atoms with Crippen LogP contribution in [-0.4, -0.2) is 35.1 Å². The van der Waals surface area contributed by atoms with Gasteiger partial charge in [0.05, 0.1) is 6.10 Å². The fourth-order valence-electron chi connectivity index (χ4n) is 3.92. The van der Waals surface area contributed by atoms with Gasteiger partial charge in [0, 0.05) is 30.0 Å². The molecule has 0 bridgehead atoms. The lowest BCUT2D eigenvalue weighted by Crippen LogP contribution is -2.31. The number of aryl methyl sites for hydroxylation is 1. The molecule has 1 aromatic heterocycles. The van der Waals surface area contributed by atoms with Crippen LogP contribution in [0.3, 0.4) is 0 Å². The van der Waals surface area contributed by atoms with E-state index < -0.39 is 0 Å². The molecule has 1 aliphatic carbocycles. The number of amides is 1. The van der Waals surface area contributed by atoms with Gasteiger partial charge < -0.3 is 14.4 Å². The van der Waals surface area contributed by atoms with E-state index in [0.29, 0.717) is 18.2 Å². The summed E-state index contributed by atoms with van der Waals surface area (Å²) in [5, 5.41) is 11.0. The average molecular weight is 285 g/mol. The Morgan fingerprint density at radius 3 is 2.86 bits per heavy atom. The van der Waals surface area contributed by atoms with Crippen molar-refractivity contribution >= 4 is 16.9 Å². The van der Waals surface area contributed by atoms with Crippen molar-refractivity contribution < 1.29 is 14.3 Å². The van der Waals surface area contributed by atoms with E-state index in [9.17, 15) is 9.90 Å². The highest BCUT2D eigenvalue weighted by molar-refractivity contribution is 5.99. The molecule has 1 amide bonds. The number of nitrogens with zero attached hydrogens (tertiary/aromatic N) is 1. The monoisotopic (exact) mass is 285 g/mol. The first kappa shape index (κ1) is 12.9. The molecule has 110 valence electrons. The second kappa shape index (κ2) is 4.60. The van der Waals surface area contributed by atoms with Crippen LogP contribution < -0.4 is 0 Å². The third kappa shape index (κ3) is 1.89. The second-order valence-corrected chi connectivity index (χ2v) is 6.33. The molecule has 4 heteroatoms. The Bertz CT molecular complexity index is 705. The molecule has 3 atom stereocenters. The van der Waals surface area contributed by atoms with E-state index in [4.69, 9.17) is 4.42 Å². The molecule has 2 aromatic rings. The van der Waals surface area contributed by atoms with Crippen LogP contribution in [0.4, 0.5) is 0 Å². The quantitative estimate of drug-likeness (QED) is 0.876. The predicted molar refractivity (Wildman–Crippen MR) is 79.1 cm³/mol. The van der Waals surface area contributed by atoms with Crippen LogP contribution in [0.25, 0.3) is 11.0 Å². The summed E-state index contributed by atoms with van der Waals surface area (Å²) in [6.07, 6.45) is 1.65. The molecular formula is C17H19NO3. The fourth-order valence-corrected chi connectivity index (χ4v) is 3.92. The molecule has 1 N–H and O–H groups in total. The number of benzene rings is 1. The molecule has 4 nitrogen and oxygen atoms in total. The number of hydrogen-bond acceptors (Lipinski definition) is 3. The number of hydrogen-bond donors (Lipinski definition) is 1. The van der Waals surface area contributed by atoms with Crippen molar-refractivity contribution in [3.63, 3.8) is 0 Å². The Morgan fingerprint density at radius 1 is 1.29 bits per heavy atom. The summed E-state index contributed by atoms with van der Waals surface area (Å²) in [6.45, 7) is 3.34. The molecule has 1 aliphatic heterocycles. The summed E-state index contributed by atoms with van der Waals surface area (Å²) in [5.74, 6) is 1.11. The summed E-state index contributed by atoms with van der Waals surface area (Å²) < 4.78 is 5.77. The summed E-state index contributed by atoms with van der Waals surface area (Å²) in [6, 6.07) is 7.74. The minimum Gasteiger partial charge on any atom is -0.451 e. The first-order valence-corrected chi connectivity index (χ1v) is 7.60.